The second kappa shape index (κ2) is 4.54. The fraction of sp³-hybridized carbons (Fsp3) is 0.273. The summed E-state index contributed by atoms with van der Waals surface area (Å²) in [6.45, 7) is 0. The number of rotatable bonds is 1. The highest BCUT2D eigenvalue weighted by Gasteiger charge is 2.34. The van der Waals surface area contributed by atoms with Crippen LogP contribution in [-0.4, -0.2) is 18.1 Å². The van der Waals surface area contributed by atoms with E-state index in [9.17, 15) is 22.8 Å². The molecule has 1 aliphatic heterocycles. The molecule has 2 rings (SSSR count). The number of amides is 3. The molecule has 8 heteroatoms. The van der Waals surface area contributed by atoms with Crippen molar-refractivity contribution in [2.24, 2.45) is 5.73 Å². The first-order chi connectivity index (χ1) is 8.79. The summed E-state index contributed by atoms with van der Waals surface area (Å²) >= 11 is 0. The van der Waals surface area contributed by atoms with Gasteiger partial charge in [0, 0.05) is 5.69 Å². The van der Waals surface area contributed by atoms with Crippen molar-refractivity contribution in [2.45, 2.75) is 18.8 Å². The zero-order chi connectivity index (χ0) is 14.2. The zero-order valence-corrected chi connectivity index (χ0v) is 9.57. The van der Waals surface area contributed by atoms with Gasteiger partial charge in [-0.15, -0.1) is 0 Å². The minimum absolute atomic E-state index is 0.00711. The molecule has 0 saturated carbocycles. The van der Waals surface area contributed by atoms with Gasteiger partial charge in [-0.25, -0.2) is 4.79 Å². The number of hydrogen-bond acceptors (Lipinski definition) is 3. The second-order valence-corrected chi connectivity index (χ2v) is 4.04. The number of carbonyl (C=O) groups is 2. The molecule has 0 spiro atoms. The monoisotopic (exact) mass is 273 g/mol. The van der Waals surface area contributed by atoms with Crippen LogP contribution in [0.3, 0.4) is 0 Å². The van der Waals surface area contributed by atoms with Crippen LogP contribution in [0.2, 0.25) is 0 Å². The molecule has 5 nitrogen and oxygen atoms in total. The molecule has 1 aliphatic rings. The summed E-state index contributed by atoms with van der Waals surface area (Å²) in [7, 11) is 0. The van der Waals surface area contributed by atoms with Gasteiger partial charge in [0.1, 0.15) is 0 Å². The summed E-state index contributed by atoms with van der Waals surface area (Å²) in [4.78, 5) is 23.6. The Morgan fingerprint density at radius 3 is 2.58 bits per heavy atom. The number of nitrogens with two attached hydrogens (primary N) is 1. The molecule has 102 valence electrons. The van der Waals surface area contributed by atoms with Crippen LogP contribution < -0.4 is 16.0 Å². The molecule has 1 atom stereocenters. The number of imide groups is 1. The maximum absolute atomic E-state index is 12.6. The molecule has 1 aromatic rings. The Kier molecular flexibility index (Phi) is 3.19. The second-order valence-electron chi connectivity index (χ2n) is 4.04. The highest BCUT2D eigenvalue weighted by Crippen LogP contribution is 2.32. The third-order valence-electron chi connectivity index (χ3n) is 2.64. The first kappa shape index (κ1) is 13.3. The van der Waals surface area contributed by atoms with Crippen LogP contribution in [-0.2, 0) is 11.0 Å². The predicted molar refractivity (Wildman–Crippen MR) is 60.1 cm³/mol. The number of alkyl halides is 3. The fourth-order valence-electron chi connectivity index (χ4n) is 1.80. The molecule has 1 aromatic carbocycles. The molecular weight excluding hydrogens is 263 g/mol. The number of hydrogen-bond donors (Lipinski definition) is 2. The van der Waals surface area contributed by atoms with Crippen LogP contribution in [0.1, 0.15) is 12.0 Å². The van der Waals surface area contributed by atoms with Crippen molar-refractivity contribution in [1.82, 2.24) is 5.32 Å². The molecule has 3 amide bonds. The third kappa shape index (κ3) is 2.68. The van der Waals surface area contributed by atoms with Crippen LogP contribution in [0.4, 0.5) is 23.7 Å². The van der Waals surface area contributed by atoms with Gasteiger partial charge in [0.2, 0.25) is 5.91 Å². The molecule has 3 N–H and O–H groups in total. The van der Waals surface area contributed by atoms with Crippen molar-refractivity contribution in [3.63, 3.8) is 0 Å². The Balaban J connectivity index is 2.36. The van der Waals surface area contributed by atoms with E-state index in [0.717, 1.165) is 17.0 Å². The van der Waals surface area contributed by atoms with Gasteiger partial charge >= 0.3 is 12.2 Å². The van der Waals surface area contributed by atoms with E-state index in [0.29, 0.717) is 0 Å². The van der Waals surface area contributed by atoms with Crippen LogP contribution in [0, 0.1) is 0 Å². The Morgan fingerprint density at radius 1 is 1.32 bits per heavy atom. The summed E-state index contributed by atoms with van der Waals surface area (Å²) in [6, 6.07) is 3.37. The lowest BCUT2D eigenvalue weighted by Crippen LogP contribution is -2.58. The smallest absolute Gasteiger partial charge is 0.310 e. The molecule has 0 aliphatic carbocycles. The summed E-state index contributed by atoms with van der Waals surface area (Å²) < 4.78 is 37.8. The fourth-order valence-corrected chi connectivity index (χ4v) is 1.80. The number of anilines is 1. The summed E-state index contributed by atoms with van der Waals surface area (Å²) in [5.74, 6) is -0.555. The number of benzene rings is 1. The first-order valence-electron chi connectivity index (χ1n) is 5.35. The molecule has 0 radical (unpaired) electrons. The van der Waals surface area contributed by atoms with Gasteiger partial charge in [0.05, 0.1) is 18.2 Å². The van der Waals surface area contributed by atoms with Gasteiger partial charge in [-0.2, -0.15) is 13.2 Å². The lowest BCUT2D eigenvalue weighted by atomic mass is 10.1. The van der Waals surface area contributed by atoms with Crippen LogP contribution in [0.5, 0.6) is 0 Å². The van der Waals surface area contributed by atoms with E-state index in [1.807, 2.05) is 5.32 Å². The minimum Gasteiger partial charge on any atom is -0.310 e. The molecular formula is C11H10F3N3O2. The van der Waals surface area contributed by atoms with Crippen LogP contribution >= 0.6 is 0 Å². The number of nitrogens with zero attached hydrogens (tertiary/aromatic N) is 1. The van der Waals surface area contributed by atoms with Gasteiger partial charge < -0.3 is 5.73 Å². The van der Waals surface area contributed by atoms with Gasteiger partial charge in [0.15, 0.2) is 0 Å². The van der Waals surface area contributed by atoms with Gasteiger partial charge in [-0.1, -0.05) is 6.07 Å². The van der Waals surface area contributed by atoms with Gasteiger partial charge in [-0.05, 0) is 18.2 Å². The quantitative estimate of drug-likeness (QED) is 0.812. The average Bonchev–Trinajstić information content (AvgIpc) is 2.26. The van der Waals surface area contributed by atoms with E-state index in [1.54, 1.807) is 0 Å². The maximum atomic E-state index is 12.6. The average molecular weight is 273 g/mol. The minimum atomic E-state index is -4.51. The SMILES string of the molecule is NC1CC(=O)NC(=O)N1c1cccc(C(F)(F)F)c1. The van der Waals surface area contributed by atoms with Crippen molar-refractivity contribution in [2.75, 3.05) is 4.90 Å². The van der Waals surface area contributed by atoms with Crippen molar-refractivity contribution < 1.29 is 22.8 Å². The molecule has 1 saturated heterocycles. The lowest BCUT2D eigenvalue weighted by molar-refractivity contribution is -0.137. The Hall–Kier alpha value is -2.09. The Labute approximate surface area is 106 Å². The van der Waals surface area contributed by atoms with Crippen molar-refractivity contribution in [1.29, 1.82) is 0 Å². The van der Waals surface area contributed by atoms with Crippen LogP contribution in [0.15, 0.2) is 24.3 Å². The van der Waals surface area contributed by atoms with Crippen molar-refractivity contribution in [3.8, 4) is 0 Å². The maximum Gasteiger partial charge on any atom is 0.416 e. The lowest BCUT2D eigenvalue weighted by Gasteiger charge is -2.32. The highest BCUT2D eigenvalue weighted by atomic mass is 19.4. The van der Waals surface area contributed by atoms with Crippen LogP contribution in [0.25, 0.3) is 0 Å². The standard InChI is InChI=1S/C11H10F3N3O2/c12-11(13,14)6-2-1-3-7(4-6)17-8(15)5-9(18)16-10(17)19/h1-4,8H,5,15H2,(H,16,18,19). The van der Waals surface area contributed by atoms with Crippen molar-refractivity contribution in [3.05, 3.63) is 29.8 Å². The predicted octanol–water partition coefficient (Wildman–Crippen LogP) is 1.44. The molecule has 0 aromatic heterocycles. The van der Waals surface area contributed by atoms with E-state index in [2.05, 4.69) is 0 Å². The third-order valence-corrected chi connectivity index (χ3v) is 2.64. The molecule has 19 heavy (non-hydrogen) atoms. The highest BCUT2D eigenvalue weighted by molar-refractivity contribution is 6.06. The molecule has 1 heterocycles. The Morgan fingerprint density at radius 2 is 2.00 bits per heavy atom. The molecule has 0 bridgehead atoms. The number of nitrogens with one attached hydrogen (secondary N) is 1. The summed E-state index contributed by atoms with van der Waals surface area (Å²) in [6.07, 6.45) is -5.66. The molecule has 1 fully saturated rings. The first-order valence-corrected chi connectivity index (χ1v) is 5.35. The van der Waals surface area contributed by atoms with Gasteiger partial charge in [-0.3, -0.25) is 15.0 Å². The van der Waals surface area contributed by atoms with E-state index in [1.165, 1.54) is 12.1 Å². The van der Waals surface area contributed by atoms with E-state index >= 15 is 0 Å². The number of urea groups is 1. The normalized spacial score (nSPS) is 20.4. The van der Waals surface area contributed by atoms with Gasteiger partial charge in [0.25, 0.3) is 0 Å². The van der Waals surface area contributed by atoms with E-state index < -0.39 is 29.8 Å². The largest absolute Gasteiger partial charge is 0.416 e. The number of carbonyl (C=O) groups excluding carboxylic acids is 2. The Bertz CT molecular complexity index is 530. The zero-order valence-electron chi connectivity index (χ0n) is 9.57. The summed E-state index contributed by atoms with van der Waals surface area (Å²) in [5.41, 5.74) is 4.72. The van der Waals surface area contributed by atoms with E-state index in [4.69, 9.17) is 5.73 Å². The summed E-state index contributed by atoms with van der Waals surface area (Å²) in [5, 5.41) is 2.00. The van der Waals surface area contributed by atoms with E-state index in [-0.39, 0.29) is 12.1 Å². The number of halogens is 3. The van der Waals surface area contributed by atoms with Crippen molar-refractivity contribution >= 4 is 17.6 Å². The topological polar surface area (TPSA) is 75.4 Å². The molecule has 1 unspecified atom stereocenters.